The van der Waals surface area contributed by atoms with Crippen molar-refractivity contribution in [2.75, 3.05) is 11.9 Å². The first-order valence-electron chi connectivity index (χ1n) is 8.74. The van der Waals surface area contributed by atoms with Crippen LogP contribution in [0.4, 0.5) is 5.69 Å². The van der Waals surface area contributed by atoms with Crippen LogP contribution < -0.4 is 5.32 Å². The number of likely N-dealkylation sites (tertiary alicyclic amines) is 1. The van der Waals surface area contributed by atoms with Crippen LogP contribution in [0.15, 0.2) is 30.4 Å². The summed E-state index contributed by atoms with van der Waals surface area (Å²) in [7, 11) is 0. The van der Waals surface area contributed by atoms with Crippen LogP contribution in [-0.2, 0) is 14.4 Å². The smallest absolute Gasteiger partial charge is 0.244 e. The zero-order valence-corrected chi connectivity index (χ0v) is 15.2. The highest BCUT2D eigenvalue weighted by Crippen LogP contribution is 2.65. The van der Waals surface area contributed by atoms with Gasteiger partial charge in [0.05, 0.1) is 21.9 Å². The third-order valence-electron chi connectivity index (χ3n) is 6.26. The molecule has 134 valence electrons. The number of hydrogen-bond donors (Lipinski definition) is 1. The number of nitrogens with one attached hydrogen (secondary N) is 1. The quantitative estimate of drug-likeness (QED) is 0.637. The maximum Gasteiger partial charge on any atom is 0.244 e. The first-order valence-corrected chi connectivity index (χ1v) is 9.50. The van der Waals surface area contributed by atoms with Gasteiger partial charge in [0.2, 0.25) is 17.7 Å². The number of rotatable bonds is 3. The SMILES string of the molecule is O=C(CN1C(=O)[C@@H]2[C@H]3C=C[C@@H]([C@@H]4C[C@H]34)[C@@H]2C1=O)Nc1ccc(Cl)c(Cl)c1. The minimum absolute atomic E-state index is 0.162. The summed E-state index contributed by atoms with van der Waals surface area (Å²) in [6, 6.07) is 4.74. The summed E-state index contributed by atoms with van der Waals surface area (Å²) in [6.45, 7) is -0.264. The molecule has 3 amide bonds. The van der Waals surface area contributed by atoms with Crippen LogP contribution in [0.25, 0.3) is 0 Å². The Kier molecular flexibility index (Phi) is 3.50. The molecule has 0 radical (unpaired) electrons. The van der Waals surface area contributed by atoms with Crippen molar-refractivity contribution in [3.05, 3.63) is 40.4 Å². The number of hydrogen-bond acceptors (Lipinski definition) is 3. The fraction of sp³-hybridized carbons (Fsp3) is 0.421. The molecule has 1 heterocycles. The van der Waals surface area contributed by atoms with Crippen LogP contribution in [0.5, 0.6) is 0 Å². The normalized spacial score (nSPS) is 36.2. The lowest BCUT2D eigenvalue weighted by Gasteiger charge is -2.37. The summed E-state index contributed by atoms with van der Waals surface area (Å²) >= 11 is 11.8. The number of amides is 3. The summed E-state index contributed by atoms with van der Waals surface area (Å²) in [6.07, 6.45) is 5.35. The molecule has 2 bridgehead atoms. The van der Waals surface area contributed by atoms with Gasteiger partial charge in [-0.1, -0.05) is 35.4 Å². The van der Waals surface area contributed by atoms with Crippen molar-refractivity contribution in [3.8, 4) is 0 Å². The molecule has 0 unspecified atom stereocenters. The molecule has 7 heteroatoms. The molecule has 3 fully saturated rings. The standard InChI is InChI=1S/C19H16Cl2N2O3/c20-13-4-1-8(5-14(13)21)22-15(24)7-23-18(25)16-9-2-3-10(12-6-11(9)12)17(16)19(23)26/h1-5,9-12,16-17H,6-7H2,(H,22,24)/t9-,10-,11-,12+,16-,17+/m0/s1. The molecule has 2 saturated carbocycles. The van der Waals surface area contributed by atoms with Gasteiger partial charge in [-0.2, -0.15) is 0 Å². The molecule has 0 spiro atoms. The fourth-order valence-electron chi connectivity index (χ4n) is 5.09. The maximum atomic E-state index is 12.8. The topological polar surface area (TPSA) is 66.5 Å². The molecule has 5 nitrogen and oxygen atoms in total. The number of carbonyl (C=O) groups excluding carboxylic acids is 3. The van der Waals surface area contributed by atoms with Crippen LogP contribution >= 0.6 is 23.2 Å². The summed E-state index contributed by atoms with van der Waals surface area (Å²) < 4.78 is 0. The number of halogens is 2. The van der Waals surface area contributed by atoms with E-state index >= 15 is 0 Å². The van der Waals surface area contributed by atoms with Gasteiger partial charge in [-0.3, -0.25) is 19.3 Å². The van der Waals surface area contributed by atoms with Gasteiger partial charge in [-0.15, -0.1) is 0 Å². The lowest BCUT2D eigenvalue weighted by molar-refractivity contribution is -0.142. The van der Waals surface area contributed by atoms with E-state index in [1.807, 2.05) is 0 Å². The Bertz CT molecular complexity index is 848. The molecule has 1 N–H and O–H groups in total. The van der Waals surface area contributed by atoms with Gasteiger partial charge in [0, 0.05) is 5.69 Å². The molecule has 6 rings (SSSR count). The largest absolute Gasteiger partial charge is 0.324 e. The summed E-state index contributed by atoms with van der Waals surface area (Å²) in [5.41, 5.74) is 0.476. The van der Waals surface area contributed by atoms with Crippen molar-refractivity contribution >= 4 is 46.6 Å². The van der Waals surface area contributed by atoms with E-state index in [-0.39, 0.29) is 42.0 Å². The molecule has 5 aliphatic rings. The Morgan fingerprint density at radius 1 is 1.04 bits per heavy atom. The highest BCUT2D eigenvalue weighted by atomic mass is 35.5. The zero-order valence-electron chi connectivity index (χ0n) is 13.7. The highest BCUT2D eigenvalue weighted by Gasteiger charge is 2.67. The van der Waals surface area contributed by atoms with E-state index in [1.165, 1.54) is 6.07 Å². The molecular weight excluding hydrogens is 375 g/mol. The number of nitrogens with zero attached hydrogens (tertiary/aromatic N) is 1. The van der Waals surface area contributed by atoms with Gasteiger partial charge < -0.3 is 5.32 Å². The number of imide groups is 1. The van der Waals surface area contributed by atoms with E-state index in [0.29, 0.717) is 27.6 Å². The van der Waals surface area contributed by atoms with Gasteiger partial charge >= 0.3 is 0 Å². The Morgan fingerprint density at radius 3 is 2.23 bits per heavy atom. The van der Waals surface area contributed by atoms with E-state index in [0.717, 1.165) is 11.3 Å². The van der Waals surface area contributed by atoms with Crippen LogP contribution in [0.1, 0.15) is 6.42 Å². The van der Waals surface area contributed by atoms with Crippen molar-refractivity contribution in [1.82, 2.24) is 4.90 Å². The van der Waals surface area contributed by atoms with Crippen molar-refractivity contribution in [1.29, 1.82) is 0 Å². The molecule has 1 saturated heterocycles. The Labute approximate surface area is 160 Å². The van der Waals surface area contributed by atoms with E-state index in [9.17, 15) is 14.4 Å². The van der Waals surface area contributed by atoms with Crippen LogP contribution in [0, 0.1) is 35.5 Å². The monoisotopic (exact) mass is 390 g/mol. The Hall–Kier alpha value is -1.85. The van der Waals surface area contributed by atoms with Crippen molar-refractivity contribution in [3.63, 3.8) is 0 Å². The first-order chi connectivity index (χ1) is 12.5. The third kappa shape index (κ3) is 2.26. The molecule has 4 aliphatic carbocycles. The first kappa shape index (κ1) is 16.3. The summed E-state index contributed by atoms with van der Waals surface area (Å²) in [5.74, 6) is 0.0420. The van der Waals surface area contributed by atoms with Gasteiger partial charge in [0.15, 0.2) is 0 Å². The highest BCUT2D eigenvalue weighted by molar-refractivity contribution is 6.42. The number of allylic oxidation sites excluding steroid dienone is 2. The van der Waals surface area contributed by atoms with Gasteiger partial charge in [0.1, 0.15) is 6.54 Å². The van der Waals surface area contributed by atoms with E-state index in [1.54, 1.807) is 12.1 Å². The van der Waals surface area contributed by atoms with E-state index < -0.39 is 5.91 Å². The minimum atomic E-state index is -0.422. The zero-order chi connectivity index (χ0) is 18.2. The predicted molar refractivity (Wildman–Crippen MR) is 96.5 cm³/mol. The van der Waals surface area contributed by atoms with E-state index in [2.05, 4.69) is 17.5 Å². The molecule has 1 aliphatic heterocycles. The number of anilines is 1. The second-order valence-corrected chi connectivity index (χ2v) is 8.41. The average molecular weight is 391 g/mol. The number of carbonyl (C=O) groups is 3. The molecule has 1 aromatic carbocycles. The van der Waals surface area contributed by atoms with Crippen LogP contribution in [0.3, 0.4) is 0 Å². The van der Waals surface area contributed by atoms with Gasteiger partial charge in [-0.05, 0) is 48.3 Å². The van der Waals surface area contributed by atoms with Gasteiger partial charge in [-0.25, -0.2) is 0 Å². The Morgan fingerprint density at radius 2 is 1.65 bits per heavy atom. The molecule has 0 aromatic heterocycles. The number of benzene rings is 1. The average Bonchev–Trinajstić information content (AvgIpc) is 3.39. The lowest BCUT2D eigenvalue weighted by atomic mass is 9.63. The van der Waals surface area contributed by atoms with E-state index in [4.69, 9.17) is 23.2 Å². The summed E-state index contributed by atoms with van der Waals surface area (Å²) in [4.78, 5) is 39.2. The second kappa shape index (κ2) is 5.57. The van der Waals surface area contributed by atoms with Crippen molar-refractivity contribution in [2.24, 2.45) is 35.5 Å². The second-order valence-electron chi connectivity index (χ2n) is 7.59. The molecular formula is C19H16Cl2N2O3. The minimum Gasteiger partial charge on any atom is -0.324 e. The molecule has 6 atom stereocenters. The predicted octanol–water partition coefficient (Wildman–Crippen LogP) is 2.99. The van der Waals surface area contributed by atoms with Crippen LogP contribution in [-0.4, -0.2) is 29.2 Å². The third-order valence-corrected chi connectivity index (χ3v) is 7.00. The van der Waals surface area contributed by atoms with Crippen molar-refractivity contribution in [2.45, 2.75) is 6.42 Å². The summed E-state index contributed by atoms with van der Waals surface area (Å²) in [5, 5.41) is 3.38. The van der Waals surface area contributed by atoms with Crippen LogP contribution in [0.2, 0.25) is 10.0 Å². The van der Waals surface area contributed by atoms with Gasteiger partial charge in [0.25, 0.3) is 0 Å². The van der Waals surface area contributed by atoms with Crippen molar-refractivity contribution < 1.29 is 14.4 Å². The molecule has 1 aromatic rings. The Balaban J connectivity index is 1.32. The lowest BCUT2D eigenvalue weighted by Crippen LogP contribution is -2.40. The fourth-order valence-corrected chi connectivity index (χ4v) is 5.39. The maximum absolute atomic E-state index is 12.8. The molecule has 26 heavy (non-hydrogen) atoms.